The summed E-state index contributed by atoms with van der Waals surface area (Å²) in [6.45, 7) is 0. The smallest absolute Gasteiger partial charge is 0.347 e. The van der Waals surface area contributed by atoms with Gasteiger partial charge in [0.25, 0.3) is 0 Å². The third kappa shape index (κ3) is 3.25. The van der Waals surface area contributed by atoms with E-state index < -0.39 is 5.97 Å². The Labute approximate surface area is 153 Å². The molecule has 0 radical (unpaired) electrons. The second kappa shape index (κ2) is 6.92. The zero-order chi connectivity index (χ0) is 18.8. The van der Waals surface area contributed by atoms with Crippen molar-refractivity contribution in [2.24, 2.45) is 0 Å². The average molecular weight is 363 g/mol. The lowest BCUT2D eigenvalue weighted by molar-refractivity contribution is 0.0731. The lowest BCUT2D eigenvalue weighted by atomic mass is 10.1. The third-order valence-corrected chi connectivity index (χ3v) is 4.10. The summed E-state index contributed by atoms with van der Waals surface area (Å²) in [6, 6.07) is 17.8. The Morgan fingerprint density at radius 1 is 1.04 bits per heavy atom. The van der Waals surface area contributed by atoms with E-state index in [4.69, 9.17) is 14.0 Å². The highest BCUT2D eigenvalue weighted by molar-refractivity contribution is 5.95. The molecular weight excluding hydrogens is 349 g/mol. The van der Waals surface area contributed by atoms with Gasteiger partial charge in [0.05, 0.1) is 7.11 Å². The van der Waals surface area contributed by atoms with E-state index in [1.807, 2.05) is 0 Å². The number of esters is 1. The summed E-state index contributed by atoms with van der Waals surface area (Å²) >= 11 is 0. The first-order chi connectivity index (χ1) is 13.2. The Bertz CT molecular complexity index is 1120. The Morgan fingerprint density at radius 3 is 2.59 bits per heavy atom. The third-order valence-electron chi connectivity index (χ3n) is 4.10. The molecule has 1 heterocycles. The predicted molar refractivity (Wildman–Crippen MR) is 97.4 cm³/mol. The van der Waals surface area contributed by atoms with Crippen LogP contribution in [-0.4, -0.2) is 18.2 Å². The van der Waals surface area contributed by atoms with Crippen LogP contribution in [0.4, 0.5) is 4.39 Å². The molecule has 0 saturated carbocycles. The summed E-state index contributed by atoms with van der Waals surface area (Å²) < 4.78 is 29.1. The normalized spacial score (nSPS) is 10.7. The quantitative estimate of drug-likeness (QED) is 0.383. The standard InChI is InChI=1S/C21H14FNO4/c1-25-18-5-3-2-4-17(18)21(24)26-15-10-11-16-19(12-15)27-23-20(16)13-6-8-14(22)9-7-13/h2-12H,1H3. The van der Waals surface area contributed by atoms with Gasteiger partial charge in [-0.2, -0.15) is 0 Å². The van der Waals surface area contributed by atoms with Gasteiger partial charge in [-0.15, -0.1) is 0 Å². The van der Waals surface area contributed by atoms with Gasteiger partial charge in [0, 0.05) is 17.0 Å². The van der Waals surface area contributed by atoms with Crippen LogP contribution >= 0.6 is 0 Å². The minimum Gasteiger partial charge on any atom is -0.496 e. The van der Waals surface area contributed by atoms with Crippen LogP contribution in [0.25, 0.3) is 22.2 Å². The molecule has 6 heteroatoms. The number of aromatic nitrogens is 1. The number of hydrogen-bond donors (Lipinski definition) is 0. The molecule has 0 spiro atoms. The number of hydrogen-bond acceptors (Lipinski definition) is 5. The first-order valence-corrected chi connectivity index (χ1v) is 8.16. The number of rotatable bonds is 4. The fourth-order valence-corrected chi connectivity index (χ4v) is 2.77. The van der Waals surface area contributed by atoms with Crippen LogP contribution in [0.5, 0.6) is 11.5 Å². The molecule has 4 aromatic rings. The highest BCUT2D eigenvalue weighted by Crippen LogP contribution is 2.31. The molecule has 134 valence electrons. The van der Waals surface area contributed by atoms with E-state index in [-0.39, 0.29) is 5.82 Å². The minimum atomic E-state index is -0.537. The topological polar surface area (TPSA) is 61.6 Å². The molecular formula is C21H14FNO4. The van der Waals surface area contributed by atoms with E-state index >= 15 is 0 Å². The van der Waals surface area contributed by atoms with Gasteiger partial charge < -0.3 is 14.0 Å². The number of carbonyl (C=O) groups excluding carboxylic acids is 1. The SMILES string of the molecule is COc1ccccc1C(=O)Oc1ccc2c(-c3ccc(F)cc3)noc2c1. The van der Waals surface area contributed by atoms with Gasteiger partial charge in [-0.3, -0.25) is 0 Å². The van der Waals surface area contributed by atoms with E-state index in [0.717, 1.165) is 10.9 Å². The van der Waals surface area contributed by atoms with Crippen molar-refractivity contribution in [3.8, 4) is 22.8 Å². The van der Waals surface area contributed by atoms with Gasteiger partial charge in [-0.1, -0.05) is 17.3 Å². The number of fused-ring (bicyclic) bond motifs is 1. The number of nitrogens with zero attached hydrogens (tertiary/aromatic N) is 1. The summed E-state index contributed by atoms with van der Waals surface area (Å²) in [5.74, 6) is -0.107. The highest BCUT2D eigenvalue weighted by Gasteiger charge is 2.16. The molecule has 0 saturated heterocycles. The minimum absolute atomic E-state index is 0.320. The molecule has 0 atom stereocenters. The molecule has 0 bridgehead atoms. The van der Waals surface area contributed by atoms with Crippen molar-refractivity contribution in [2.45, 2.75) is 0 Å². The maximum absolute atomic E-state index is 13.1. The first kappa shape index (κ1) is 16.8. The van der Waals surface area contributed by atoms with Crippen molar-refractivity contribution in [3.05, 3.63) is 78.1 Å². The summed E-state index contributed by atoms with van der Waals surface area (Å²) in [5.41, 5.74) is 2.10. The number of ether oxygens (including phenoxy) is 2. The van der Waals surface area contributed by atoms with Gasteiger partial charge in [-0.25, -0.2) is 9.18 Å². The van der Waals surface area contributed by atoms with Crippen LogP contribution in [0.15, 0.2) is 71.3 Å². The molecule has 0 aliphatic heterocycles. The molecule has 1 aromatic heterocycles. The Balaban J connectivity index is 1.63. The van der Waals surface area contributed by atoms with Gasteiger partial charge in [-0.05, 0) is 48.5 Å². The van der Waals surface area contributed by atoms with Gasteiger partial charge in [0.15, 0.2) is 5.58 Å². The first-order valence-electron chi connectivity index (χ1n) is 8.16. The lowest BCUT2D eigenvalue weighted by Crippen LogP contribution is -2.09. The van der Waals surface area contributed by atoms with Crippen LogP contribution in [-0.2, 0) is 0 Å². The summed E-state index contributed by atoms with van der Waals surface area (Å²) in [4.78, 5) is 12.4. The van der Waals surface area contributed by atoms with Crippen LogP contribution < -0.4 is 9.47 Å². The average Bonchev–Trinajstić information content (AvgIpc) is 3.11. The van der Waals surface area contributed by atoms with E-state index in [1.54, 1.807) is 54.6 Å². The summed E-state index contributed by atoms with van der Waals surface area (Å²) in [5, 5.41) is 4.78. The molecule has 0 aliphatic rings. The molecule has 0 amide bonds. The summed E-state index contributed by atoms with van der Waals surface area (Å²) in [7, 11) is 1.49. The monoisotopic (exact) mass is 363 g/mol. The second-order valence-electron chi connectivity index (χ2n) is 5.79. The Hall–Kier alpha value is -3.67. The molecule has 0 unspecified atom stereocenters. The van der Waals surface area contributed by atoms with E-state index in [1.165, 1.54) is 19.2 Å². The fraction of sp³-hybridized carbons (Fsp3) is 0.0476. The molecule has 3 aromatic carbocycles. The number of methoxy groups -OCH3 is 1. The zero-order valence-corrected chi connectivity index (χ0v) is 14.3. The van der Waals surface area contributed by atoms with E-state index in [9.17, 15) is 9.18 Å². The van der Waals surface area contributed by atoms with E-state index in [2.05, 4.69) is 5.16 Å². The predicted octanol–water partition coefficient (Wildman–Crippen LogP) is 4.86. The van der Waals surface area contributed by atoms with Crippen molar-refractivity contribution in [1.82, 2.24) is 5.16 Å². The largest absolute Gasteiger partial charge is 0.496 e. The summed E-state index contributed by atoms with van der Waals surface area (Å²) in [6.07, 6.45) is 0. The maximum atomic E-state index is 13.1. The molecule has 0 fully saturated rings. The fourth-order valence-electron chi connectivity index (χ4n) is 2.77. The Morgan fingerprint density at radius 2 is 1.81 bits per heavy atom. The van der Waals surface area contributed by atoms with Crippen LogP contribution in [0.3, 0.4) is 0 Å². The number of halogens is 1. The van der Waals surface area contributed by atoms with Crippen LogP contribution in [0.1, 0.15) is 10.4 Å². The van der Waals surface area contributed by atoms with Crippen molar-refractivity contribution >= 4 is 16.9 Å². The molecule has 4 rings (SSSR count). The van der Waals surface area contributed by atoms with Crippen molar-refractivity contribution in [3.63, 3.8) is 0 Å². The van der Waals surface area contributed by atoms with Gasteiger partial charge in [0.2, 0.25) is 0 Å². The van der Waals surface area contributed by atoms with E-state index in [0.29, 0.717) is 28.3 Å². The Kier molecular flexibility index (Phi) is 4.30. The van der Waals surface area contributed by atoms with Gasteiger partial charge >= 0.3 is 5.97 Å². The van der Waals surface area contributed by atoms with Crippen LogP contribution in [0.2, 0.25) is 0 Å². The van der Waals surface area contributed by atoms with Gasteiger partial charge in [0.1, 0.15) is 28.6 Å². The van der Waals surface area contributed by atoms with Crippen molar-refractivity contribution in [2.75, 3.05) is 7.11 Å². The zero-order valence-electron chi connectivity index (χ0n) is 14.3. The van der Waals surface area contributed by atoms with Crippen molar-refractivity contribution < 1.29 is 23.2 Å². The lowest BCUT2D eigenvalue weighted by Gasteiger charge is -2.08. The highest BCUT2D eigenvalue weighted by atomic mass is 19.1. The second-order valence-corrected chi connectivity index (χ2v) is 5.79. The molecule has 5 nitrogen and oxygen atoms in total. The molecule has 27 heavy (non-hydrogen) atoms. The van der Waals surface area contributed by atoms with Crippen molar-refractivity contribution in [1.29, 1.82) is 0 Å². The number of carbonyl (C=O) groups is 1. The maximum Gasteiger partial charge on any atom is 0.347 e. The van der Waals surface area contributed by atoms with Crippen LogP contribution in [0, 0.1) is 5.82 Å². The number of benzene rings is 3. The molecule has 0 aliphatic carbocycles. The molecule has 0 N–H and O–H groups in total. The number of para-hydroxylation sites is 1.